The number of aromatic nitrogens is 4. The summed E-state index contributed by atoms with van der Waals surface area (Å²) in [6.07, 6.45) is 1.75. The summed E-state index contributed by atoms with van der Waals surface area (Å²) < 4.78 is 6.80. The molecule has 0 saturated carbocycles. The molecule has 0 fully saturated rings. The van der Waals surface area contributed by atoms with Crippen LogP contribution in [0.2, 0.25) is 0 Å². The van der Waals surface area contributed by atoms with Crippen LogP contribution in [0.5, 0.6) is 0 Å². The summed E-state index contributed by atoms with van der Waals surface area (Å²) in [7, 11) is 0. The van der Waals surface area contributed by atoms with Gasteiger partial charge in [-0.3, -0.25) is 9.36 Å². The number of hydrogen-bond donors (Lipinski definition) is 1. The van der Waals surface area contributed by atoms with E-state index in [9.17, 15) is 4.79 Å². The number of anilines is 1. The molecule has 0 atom stereocenters. The van der Waals surface area contributed by atoms with Gasteiger partial charge in [0.05, 0.1) is 22.9 Å². The number of carbonyl (C=O) groups excluding carboxylic acids is 1. The van der Waals surface area contributed by atoms with Gasteiger partial charge < -0.3 is 10.5 Å². The van der Waals surface area contributed by atoms with Crippen molar-refractivity contribution in [2.45, 2.75) is 25.5 Å². The minimum Gasteiger partial charge on any atom is -0.465 e. The van der Waals surface area contributed by atoms with Gasteiger partial charge in [0.25, 0.3) is 0 Å². The predicted molar refractivity (Wildman–Crippen MR) is 87.8 cm³/mol. The Hall–Kier alpha value is -1.87. The van der Waals surface area contributed by atoms with E-state index in [-0.39, 0.29) is 11.7 Å². The van der Waals surface area contributed by atoms with Crippen LogP contribution in [0.4, 0.5) is 5.13 Å². The van der Waals surface area contributed by atoms with Crippen molar-refractivity contribution in [1.82, 2.24) is 19.7 Å². The average molecular weight is 339 g/mol. The monoisotopic (exact) mass is 339 g/mol. The molecule has 9 heteroatoms. The molecule has 2 heterocycles. The van der Waals surface area contributed by atoms with Gasteiger partial charge in [-0.25, -0.2) is 4.98 Å². The third-order valence-electron chi connectivity index (χ3n) is 2.67. The average Bonchev–Trinajstić information content (AvgIpc) is 3.00. The molecule has 0 amide bonds. The van der Waals surface area contributed by atoms with Crippen molar-refractivity contribution in [2.24, 2.45) is 0 Å². The van der Waals surface area contributed by atoms with E-state index < -0.39 is 0 Å². The number of thiazole rings is 1. The fraction of sp³-hybridized carbons (Fsp3) is 0.385. The third kappa shape index (κ3) is 3.66. The molecule has 2 rings (SSSR count). The highest BCUT2D eigenvalue weighted by Crippen LogP contribution is 2.32. The number of carbonyl (C=O) groups is 1. The van der Waals surface area contributed by atoms with E-state index in [4.69, 9.17) is 10.5 Å². The molecule has 0 aliphatic carbocycles. The number of nitrogens with zero attached hydrogens (tertiary/aromatic N) is 4. The number of aryl methyl sites for hydroxylation is 1. The smallest absolute Gasteiger partial charge is 0.316 e. The second-order valence-corrected chi connectivity index (χ2v) is 6.24. The van der Waals surface area contributed by atoms with Crippen molar-refractivity contribution in [3.63, 3.8) is 0 Å². The Morgan fingerprint density at radius 2 is 2.32 bits per heavy atom. The summed E-state index contributed by atoms with van der Waals surface area (Å²) in [5.41, 5.74) is 6.55. The van der Waals surface area contributed by atoms with E-state index >= 15 is 0 Å². The zero-order valence-corrected chi connectivity index (χ0v) is 14.0. The Morgan fingerprint density at radius 3 is 2.91 bits per heavy atom. The van der Waals surface area contributed by atoms with Crippen LogP contribution < -0.4 is 5.73 Å². The lowest BCUT2D eigenvalue weighted by molar-refractivity contribution is -0.139. The van der Waals surface area contributed by atoms with Gasteiger partial charge in [-0.1, -0.05) is 29.2 Å². The second kappa shape index (κ2) is 7.41. The molecular weight excluding hydrogens is 322 g/mol. The zero-order chi connectivity index (χ0) is 16.1. The molecule has 0 aromatic carbocycles. The molecule has 2 aromatic heterocycles. The highest BCUT2D eigenvalue weighted by molar-refractivity contribution is 7.99. The third-order valence-corrected chi connectivity index (χ3v) is 4.59. The number of nitrogen functional groups attached to an aromatic ring is 1. The topological polar surface area (TPSA) is 95.9 Å². The molecule has 2 aromatic rings. The standard InChI is InChI=1S/C13H17N5O2S2/c1-4-6-18-11(10-8(3)15-12(14)22-10)16-17-13(18)21-7-9(19)20-5-2/h4H,1,5-7H2,2-3H3,(H2,14,15). The van der Waals surface area contributed by atoms with Crippen molar-refractivity contribution < 1.29 is 9.53 Å². The van der Waals surface area contributed by atoms with Crippen LogP contribution in [0.3, 0.4) is 0 Å². The van der Waals surface area contributed by atoms with Crippen molar-refractivity contribution in [3.05, 3.63) is 18.3 Å². The van der Waals surface area contributed by atoms with Crippen LogP contribution in [0.1, 0.15) is 12.6 Å². The first-order valence-electron chi connectivity index (χ1n) is 6.62. The van der Waals surface area contributed by atoms with Crippen molar-refractivity contribution in [1.29, 1.82) is 0 Å². The molecular formula is C13H17N5O2S2. The van der Waals surface area contributed by atoms with Crippen LogP contribution in [-0.4, -0.2) is 38.1 Å². The summed E-state index contributed by atoms with van der Waals surface area (Å²) in [5, 5.41) is 9.48. The Kier molecular flexibility index (Phi) is 5.56. The normalized spacial score (nSPS) is 10.6. The largest absolute Gasteiger partial charge is 0.465 e. The Morgan fingerprint density at radius 1 is 1.55 bits per heavy atom. The first kappa shape index (κ1) is 16.5. The summed E-state index contributed by atoms with van der Waals surface area (Å²) >= 11 is 2.64. The van der Waals surface area contributed by atoms with Gasteiger partial charge in [-0.15, -0.1) is 16.8 Å². The van der Waals surface area contributed by atoms with Crippen molar-refractivity contribution in [3.8, 4) is 10.7 Å². The number of allylic oxidation sites excluding steroid dienone is 1. The van der Waals surface area contributed by atoms with Crippen LogP contribution in [0.25, 0.3) is 10.7 Å². The van der Waals surface area contributed by atoms with Gasteiger partial charge in [-0.05, 0) is 13.8 Å². The molecule has 0 bridgehead atoms. The number of nitrogens with two attached hydrogens (primary N) is 1. The molecule has 0 aliphatic heterocycles. The lowest BCUT2D eigenvalue weighted by Gasteiger charge is -2.06. The van der Waals surface area contributed by atoms with E-state index in [0.29, 0.717) is 29.3 Å². The fourth-order valence-electron chi connectivity index (χ4n) is 1.81. The first-order valence-corrected chi connectivity index (χ1v) is 8.42. The second-order valence-electron chi connectivity index (χ2n) is 4.27. The number of hydrogen-bond acceptors (Lipinski definition) is 8. The number of esters is 1. The maximum absolute atomic E-state index is 11.5. The fourth-order valence-corrected chi connectivity index (χ4v) is 3.38. The maximum Gasteiger partial charge on any atom is 0.316 e. The van der Waals surface area contributed by atoms with E-state index in [0.717, 1.165) is 10.6 Å². The lowest BCUT2D eigenvalue weighted by atomic mass is 10.4. The number of ether oxygens (including phenoxy) is 1. The molecule has 118 valence electrons. The predicted octanol–water partition coefficient (Wildman–Crippen LogP) is 2.13. The lowest BCUT2D eigenvalue weighted by Crippen LogP contribution is -2.08. The summed E-state index contributed by atoms with van der Waals surface area (Å²) in [6.45, 7) is 8.30. The number of thioether (sulfide) groups is 1. The summed E-state index contributed by atoms with van der Waals surface area (Å²) in [5.74, 6) is 0.589. The van der Waals surface area contributed by atoms with Gasteiger partial charge in [0.15, 0.2) is 16.1 Å². The molecule has 0 radical (unpaired) electrons. The van der Waals surface area contributed by atoms with Crippen LogP contribution >= 0.6 is 23.1 Å². The highest BCUT2D eigenvalue weighted by atomic mass is 32.2. The molecule has 22 heavy (non-hydrogen) atoms. The Bertz CT molecular complexity index is 680. The minimum atomic E-state index is -0.277. The molecule has 0 unspecified atom stereocenters. The summed E-state index contributed by atoms with van der Waals surface area (Å²) in [6, 6.07) is 0. The molecule has 0 spiro atoms. The van der Waals surface area contributed by atoms with Gasteiger partial charge >= 0.3 is 5.97 Å². The van der Waals surface area contributed by atoms with E-state index in [1.54, 1.807) is 13.0 Å². The highest BCUT2D eigenvalue weighted by Gasteiger charge is 2.19. The maximum atomic E-state index is 11.5. The molecule has 7 nitrogen and oxygen atoms in total. The van der Waals surface area contributed by atoms with Gasteiger partial charge in [0.2, 0.25) is 0 Å². The van der Waals surface area contributed by atoms with E-state index in [1.165, 1.54) is 23.1 Å². The summed E-state index contributed by atoms with van der Waals surface area (Å²) in [4.78, 5) is 16.5. The van der Waals surface area contributed by atoms with E-state index in [1.807, 2.05) is 11.5 Å². The van der Waals surface area contributed by atoms with Crippen molar-refractivity contribution >= 4 is 34.2 Å². The van der Waals surface area contributed by atoms with E-state index in [2.05, 4.69) is 21.8 Å². The Balaban J connectivity index is 2.27. The number of rotatable bonds is 7. The zero-order valence-electron chi connectivity index (χ0n) is 12.4. The molecule has 0 aliphatic rings. The van der Waals surface area contributed by atoms with Crippen LogP contribution in [0.15, 0.2) is 17.8 Å². The Labute approximate surface area is 136 Å². The molecule has 0 saturated heterocycles. The molecule has 2 N–H and O–H groups in total. The van der Waals surface area contributed by atoms with Gasteiger partial charge in [0.1, 0.15) is 0 Å². The van der Waals surface area contributed by atoms with Crippen molar-refractivity contribution in [2.75, 3.05) is 18.1 Å². The van der Waals surface area contributed by atoms with Gasteiger partial charge in [0, 0.05) is 6.54 Å². The minimum absolute atomic E-state index is 0.187. The van der Waals surface area contributed by atoms with Crippen LogP contribution in [-0.2, 0) is 16.1 Å². The quantitative estimate of drug-likeness (QED) is 0.469. The van der Waals surface area contributed by atoms with Crippen LogP contribution in [0, 0.1) is 6.92 Å². The van der Waals surface area contributed by atoms with Gasteiger partial charge in [-0.2, -0.15) is 0 Å². The first-order chi connectivity index (χ1) is 10.6. The SMILES string of the molecule is C=CCn1c(SCC(=O)OCC)nnc1-c1sc(N)nc1C.